The van der Waals surface area contributed by atoms with Crippen molar-refractivity contribution in [1.29, 1.82) is 0 Å². The molecule has 0 spiro atoms. The van der Waals surface area contributed by atoms with Gasteiger partial charge in [0.25, 0.3) is 0 Å². The molecule has 0 aromatic rings. The molecule has 13 heavy (non-hydrogen) atoms. The molecule has 0 unspecified atom stereocenters. The number of ketones is 1. The zero-order chi connectivity index (χ0) is 10.1. The van der Waals surface area contributed by atoms with Crippen LogP contribution in [0.3, 0.4) is 0 Å². The summed E-state index contributed by atoms with van der Waals surface area (Å²) in [4.78, 5) is 33.1. The molecule has 1 saturated carbocycles. The van der Waals surface area contributed by atoms with Gasteiger partial charge < -0.3 is 9.47 Å². The van der Waals surface area contributed by atoms with Crippen molar-refractivity contribution in [3.05, 3.63) is 0 Å². The van der Waals surface area contributed by atoms with Crippen molar-refractivity contribution in [1.82, 2.24) is 0 Å². The predicted molar refractivity (Wildman–Crippen MR) is 40.7 cm³/mol. The zero-order valence-corrected chi connectivity index (χ0v) is 7.46. The van der Waals surface area contributed by atoms with Gasteiger partial charge in [-0.2, -0.15) is 0 Å². The molecule has 0 aliphatic heterocycles. The molecule has 0 aromatic heterocycles. The van der Waals surface area contributed by atoms with E-state index in [0.29, 0.717) is 0 Å². The molecular formula is C8H10O5. The highest BCUT2D eigenvalue weighted by atomic mass is 16.5. The van der Waals surface area contributed by atoms with Gasteiger partial charge in [-0.25, -0.2) is 0 Å². The van der Waals surface area contributed by atoms with E-state index < -0.39 is 17.4 Å². The van der Waals surface area contributed by atoms with E-state index in [1.807, 2.05) is 0 Å². The van der Waals surface area contributed by atoms with Gasteiger partial charge in [0.15, 0.2) is 5.41 Å². The van der Waals surface area contributed by atoms with Crippen molar-refractivity contribution in [2.45, 2.75) is 12.8 Å². The number of carbonyl (C=O) groups is 3. The average Bonchev–Trinajstić information content (AvgIpc) is 2.09. The number of hydrogen-bond donors (Lipinski definition) is 0. The van der Waals surface area contributed by atoms with E-state index in [-0.39, 0.29) is 18.6 Å². The first-order valence-electron chi connectivity index (χ1n) is 3.75. The highest BCUT2D eigenvalue weighted by Crippen LogP contribution is 2.40. The van der Waals surface area contributed by atoms with Gasteiger partial charge in [0, 0.05) is 12.8 Å². The van der Waals surface area contributed by atoms with Crippen molar-refractivity contribution < 1.29 is 23.9 Å². The van der Waals surface area contributed by atoms with Crippen LogP contribution in [0.2, 0.25) is 0 Å². The lowest BCUT2D eigenvalue weighted by molar-refractivity contribution is -0.179. The largest absolute Gasteiger partial charge is 0.468 e. The summed E-state index contributed by atoms with van der Waals surface area (Å²) in [6.45, 7) is 0. The van der Waals surface area contributed by atoms with Gasteiger partial charge in [0.1, 0.15) is 5.78 Å². The fourth-order valence-electron chi connectivity index (χ4n) is 1.38. The number of esters is 2. The van der Waals surface area contributed by atoms with Crippen LogP contribution in [0.5, 0.6) is 0 Å². The third-order valence-corrected chi connectivity index (χ3v) is 2.15. The number of carbonyl (C=O) groups excluding carboxylic acids is 3. The lowest BCUT2D eigenvalue weighted by Gasteiger charge is -2.33. The first kappa shape index (κ1) is 9.70. The van der Waals surface area contributed by atoms with Crippen LogP contribution < -0.4 is 0 Å². The van der Waals surface area contributed by atoms with Gasteiger partial charge in [0.2, 0.25) is 0 Å². The average molecular weight is 186 g/mol. The van der Waals surface area contributed by atoms with Gasteiger partial charge in [-0.05, 0) is 0 Å². The highest BCUT2D eigenvalue weighted by Gasteiger charge is 2.58. The molecule has 0 heterocycles. The molecule has 1 aliphatic rings. The lowest BCUT2D eigenvalue weighted by atomic mass is 9.68. The Labute approximate surface area is 75.0 Å². The molecule has 0 saturated heterocycles. The summed E-state index contributed by atoms with van der Waals surface area (Å²) < 4.78 is 8.87. The minimum absolute atomic E-state index is 0.105. The first-order chi connectivity index (χ1) is 6.06. The minimum Gasteiger partial charge on any atom is -0.468 e. The van der Waals surface area contributed by atoms with Crippen LogP contribution in [0.25, 0.3) is 0 Å². The predicted octanol–water partition coefficient (Wildman–Crippen LogP) is -0.318. The molecule has 72 valence electrons. The SMILES string of the molecule is COC(=O)C1(C(=O)OC)CC(=O)C1. The fraction of sp³-hybridized carbons (Fsp3) is 0.625. The van der Waals surface area contributed by atoms with E-state index in [2.05, 4.69) is 9.47 Å². The van der Waals surface area contributed by atoms with E-state index in [1.54, 1.807) is 0 Å². The van der Waals surface area contributed by atoms with Crippen LogP contribution >= 0.6 is 0 Å². The molecule has 0 aromatic carbocycles. The maximum Gasteiger partial charge on any atom is 0.324 e. The second-order valence-corrected chi connectivity index (χ2v) is 2.96. The second-order valence-electron chi connectivity index (χ2n) is 2.96. The molecule has 1 fully saturated rings. The van der Waals surface area contributed by atoms with Gasteiger partial charge >= 0.3 is 11.9 Å². The standard InChI is InChI=1S/C8H10O5/c1-12-6(10)8(7(11)13-2)3-5(9)4-8/h3-4H2,1-2H3. The van der Waals surface area contributed by atoms with Crippen LogP contribution in [0.4, 0.5) is 0 Å². The van der Waals surface area contributed by atoms with Crippen LogP contribution in [0.1, 0.15) is 12.8 Å². The van der Waals surface area contributed by atoms with E-state index in [9.17, 15) is 14.4 Å². The fourth-order valence-corrected chi connectivity index (χ4v) is 1.38. The Balaban J connectivity index is 2.84. The van der Waals surface area contributed by atoms with Crippen molar-refractivity contribution in [3.63, 3.8) is 0 Å². The van der Waals surface area contributed by atoms with Gasteiger partial charge in [-0.15, -0.1) is 0 Å². The molecular weight excluding hydrogens is 176 g/mol. The molecule has 1 aliphatic carbocycles. The zero-order valence-electron chi connectivity index (χ0n) is 7.46. The van der Waals surface area contributed by atoms with Crippen LogP contribution in [0.15, 0.2) is 0 Å². The first-order valence-corrected chi connectivity index (χ1v) is 3.75. The molecule has 5 nitrogen and oxygen atoms in total. The summed E-state index contributed by atoms with van der Waals surface area (Å²) in [5.41, 5.74) is -1.36. The normalized spacial score (nSPS) is 18.8. The van der Waals surface area contributed by atoms with Crippen LogP contribution in [0, 0.1) is 5.41 Å². The lowest BCUT2D eigenvalue weighted by Crippen LogP contribution is -2.51. The smallest absolute Gasteiger partial charge is 0.324 e. The molecule has 0 amide bonds. The maximum absolute atomic E-state index is 11.2. The number of Topliss-reactive ketones (excluding diaryl/α,β-unsaturated/α-hetero) is 1. The van der Waals surface area contributed by atoms with E-state index >= 15 is 0 Å². The molecule has 5 heteroatoms. The molecule has 0 radical (unpaired) electrons. The summed E-state index contributed by atoms with van der Waals surface area (Å²) in [5.74, 6) is -1.52. The number of methoxy groups -OCH3 is 2. The van der Waals surface area contributed by atoms with E-state index in [4.69, 9.17) is 0 Å². The van der Waals surface area contributed by atoms with E-state index in [1.165, 1.54) is 14.2 Å². The summed E-state index contributed by atoms with van der Waals surface area (Å²) in [7, 11) is 2.35. The Kier molecular flexibility index (Phi) is 2.36. The summed E-state index contributed by atoms with van der Waals surface area (Å²) in [6.07, 6.45) is -0.210. The maximum atomic E-state index is 11.2. The topological polar surface area (TPSA) is 69.7 Å². The molecule has 0 atom stereocenters. The van der Waals surface area contributed by atoms with Crippen molar-refractivity contribution in [2.75, 3.05) is 14.2 Å². The number of rotatable bonds is 2. The summed E-state index contributed by atoms with van der Waals surface area (Å²) in [5, 5.41) is 0. The summed E-state index contributed by atoms with van der Waals surface area (Å²) in [6, 6.07) is 0. The van der Waals surface area contributed by atoms with Gasteiger partial charge in [0.05, 0.1) is 14.2 Å². The Morgan fingerprint density at radius 3 is 1.77 bits per heavy atom. The van der Waals surface area contributed by atoms with E-state index in [0.717, 1.165) is 0 Å². The monoisotopic (exact) mass is 186 g/mol. The van der Waals surface area contributed by atoms with Crippen LogP contribution in [-0.4, -0.2) is 31.9 Å². The number of ether oxygens (including phenoxy) is 2. The summed E-state index contributed by atoms with van der Waals surface area (Å²) >= 11 is 0. The Hall–Kier alpha value is -1.39. The van der Waals surface area contributed by atoms with Gasteiger partial charge in [-0.1, -0.05) is 0 Å². The highest BCUT2D eigenvalue weighted by molar-refractivity contribution is 6.12. The second kappa shape index (κ2) is 3.16. The Bertz CT molecular complexity index is 242. The number of hydrogen-bond acceptors (Lipinski definition) is 5. The molecule has 0 bridgehead atoms. The van der Waals surface area contributed by atoms with Crippen molar-refractivity contribution >= 4 is 17.7 Å². The van der Waals surface area contributed by atoms with Crippen molar-refractivity contribution in [3.8, 4) is 0 Å². The minimum atomic E-state index is -1.36. The molecule has 0 N–H and O–H groups in total. The molecule has 1 rings (SSSR count). The van der Waals surface area contributed by atoms with Crippen LogP contribution in [-0.2, 0) is 23.9 Å². The quantitative estimate of drug-likeness (QED) is 0.436. The Morgan fingerprint density at radius 2 is 1.54 bits per heavy atom. The third kappa shape index (κ3) is 1.30. The van der Waals surface area contributed by atoms with Gasteiger partial charge in [-0.3, -0.25) is 14.4 Å². The third-order valence-electron chi connectivity index (χ3n) is 2.15. The Morgan fingerprint density at radius 1 is 1.15 bits per heavy atom. The van der Waals surface area contributed by atoms with Crippen molar-refractivity contribution in [2.24, 2.45) is 5.41 Å².